The second kappa shape index (κ2) is 4.91. The Morgan fingerprint density at radius 3 is 2.26 bits per heavy atom. The van der Waals surface area contributed by atoms with Gasteiger partial charge in [-0.05, 0) is 57.2 Å². The molecule has 0 heterocycles. The molecule has 3 nitrogen and oxygen atoms in total. The number of amides is 1. The van der Waals surface area contributed by atoms with E-state index in [1.165, 1.54) is 0 Å². The number of carbonyl (C=O) groups excluding carboxylic acids is 1. The molecule has 0 aromatic heterocycles. The second-order valence-electron chi connectivity index (χ2n) is 6.14. The first kappa shape index (κ1) is 14.5. The van der Waals surface area contributed by atoms with Crippen molar-refractivity contribution in [2.24, 2.45) is 11.7 Å². The zero-order valence-corrected chi connectivity index (χ0v) is 13.3. The highest BCUT2D eigenvalue weighted by atomic mass is 79.9. The number of nitrogens with one attached hydrogen (secondary N) is 1. The smallest absolute Gasteiger partial charge is 0.240 e. The molecule has 1 saturated carbocycles. The van der Waals surface area contributed by atoms with E-state index in [4.69, 9.17) is 5.73 Å². The molecule has 19 heavy (non-hydrogen) atoms. The summed E-state index contributed by atoms with van der Waals surface area (Å²) >= 11 is 3.41. The Kier molecular flexibility index (Phi) is 3.76. The molecule has 1 amide bonds. The molecule has 0 aliphatic heterocycles. The summed E-state index contributed by atoms with van der Waals surface area (Å²) in [7, 11) is 0. The third kappa shape index (κ3) is 3.18. The zero-order valence-electron chi connectivity index (χ0n) is 11.7. The highest BCUT2D eigenvalue weighted by Gasteiger charge is 2.45. The molecule has 1 aromatic rings. The monoisotopic (exact) mass is 324 g/mol. The van der Waals surface area contributed by atoms with Crippen molar-refractivity contribution in [2.45, 2.75) is 44.7 Å². The summed E-state index contributed by atoms with van der Waals surface area (Å²) < 4.78 is 1.03. The average molecular weight is 325 g/mol. The molecule has 1 aromatic carbocycles. The highest BCUT2D eigenvalue weighted by Crippen LogP contribution is 2.38. The maximum Gasteiger partial charge on any atom is 0.240 e. The van der Waals surface area contributed by atoms with Gasteiger partial charge in [0.05, 0.1) is 11.1 Å². The Labute approximate surface area is 123 Å². The Hall–Kier alpha value is -0.870. The lowest BCUT2D eigenvalue weighted by Crippen LogP contribution is -2.57. The summed E-state index contributed by atoms with van der Waals surface area (Å²) in [6.07, 6.45) is 2.11. The molecule has 0 radical (unpaired) electrons. The molecule has 1 aliphatic carbocycles. The molecule has 0 unspecified atom stereocenters. The van der Waals surface area contributed by atoms with Crippen LogP contribution in [0.5, 0.6) is 0 Å². The van der Waals surface area contributed by atoms with E-state index in [0.29, 0.717) is 5.92 Å². The minimum absolute atomic E-state index is 0.0667. The minimum Gasteiger partial charge on any atom is -0.346 e. The number of hydrogen-bond acceptors (Lipinski definition) is 2. The lowest BCUT2D eigenvalue weighted by molar-refractivity contribution is -0.128. The number of rotatable bonds is 4. The van der Waals surface area contributed by atoms with E-state index in [2.05, 4.69) is 21.2 Å². The molecule has 1 atom stereocenters. The normalized spacial score (nSPS) is 18.8. The Bertz CT molecular complexity index is 475. The number of nitrogens with two attached hydrogens (primary N) is 1. The maximum atomic E-state index is 12.4. The first-order valence-electron chi connectivity index (χ1n) is 6.61. The van der Waals surface area contributed by atoms with Crippen LogP contribution in [0.25, 0.3) is 0 Å². The van der Waals surface area contributed by atoms with Gasteiger partial charge in [-0.15, -0.1) is 0 Å². The van der Waals surface area contributed by atoms with Crippen molar-refractivity contribution in [3.8, 4) is 0 Å². The maximum absolute atomic E-state index is 12.4. The quantitative estimate of drug-likeness (QED) is 0.894. The van der Waals surface area contributed by atoms with Gasteiger partial charge in [0.25, 0.3) is 0 Å². The van der Waals surface area contributed by atoms with E-state index >= 15 is 0 Å². The number of hydrogen-bond donors (Lipinski definition) is 2. The third-order valence-corrected chi connectivity index (χ3v) is 4.44. The number of benzene rings is 1. The van der Waals surface area contributed by atoms with E-state index in [9.17, 15) is 4.79 Å². The average Bonchev–Trinajstić information content (AvgIpc) is 3.12. The van der Waals surface area contributed by atoms with Crippen molar-refractivity contribution < 1.29 is 4.79 Å². The van der Waals surface area contributed by atoms with Crippen LogP contribution < -0.4 is 11.1 Å². The molecule has 4 heteroatoms. The highest BCUT2D eigenvalue weighted by molar-refractivity contribution is 9.10. The standard InChI is InChI=1S/C15H21BrN2O/c1-14(2,10-6-8-12(16)9-7-10)18-13(19)15(3,17)11-4-5-11/h6-9,11H,4-5,17H2,1-3H3,(H,18,19)/t15-/m0/s1. The number of halogens is 1. The van der Waals surface area contributed by atoms with Gasteiger partial charge in [-0.1, -0.05) is 28.1 Å². The van der Waals surface area contributed by atoms with Crippen molar-refractivity contribution in [3.63, 3.8) is 0 Å². The molecule has 0 bridgehead atoms. The molecule has 1 aliphatic rings. The lowest BCUT2D eigenvalue weighted by atomic mass is 9.90. The van der Waals surface area contributed by atoms with E-state index in [1.807, 2.05) is 45.0 Å². The summed E-state index contributed by atoms with van der Waals surface area (Å²) in [5, 5.41) is 3.07. The summed E-state index contributed by atoms with van der Waals surface area (Å²) in [6.45, 7) is 5.83. The number of carbonyl (C=O) groups is 1. The van der Waals surface area contributed by atoms with Gasteiger partial charge in [0.15, 0.2) is 0 Å². The van der Waals surface area contributed by atoms with Crippen molar-refractivity contribution >= 4 is 21.8 Å². The molecular formula is C15H21BrN2O. The van der Waals surface area contributed by atoms with Crippen LogP contribution in [0, 0.1) is 5.92 Å². The van der Waals surface area contributed by atoms with Crippen molar-refractivity contribution in [1.29, 1.82) is 0 Å². The van der Waals surface area contributed by atoms with Crippen LogP contribution in [0.4, 0.5) is 0 Å². The van der Waals surface area contributed by atoms with Gasteiger partial charge in [0, 0.05) is 4.47 Å². The van der Waals surface area contributed by atoms with E-state index < -0.39 is 11.1 Å². The molecule has 3 N–H and O–H groups in total. The fraction of sp³-hybridized carbons (Fsp3) is 0.533. The fourth-order valence-corrected chi connectivity index (χ4v) is 2.49. The Morgan fingerprint density at radius 2 is 1.79 bits per heavy atom. The van der Waals surface area contributed by atoms with Crippen LogP contribution in [0.15, 0.2) is 28.7 Å². The van der Waals surface area contributed by atoms with Gasteiger partial charge in [-0.25, -0.2) is 0 Å². The van der Waals surface area contributed by atoms with Crippen LogP contribution in [-0.4, -0.2) is 11.4 Å². The van der Waals surface area contributed by atoms with Crippen molar-refractivity contribution in [3.05, 3.63) is 34.3 Å². The van der Waals surface area contributed by atoms with Gasteiger partial charge >= 0.3 is 0 Å². The van der Waals surface area contributed by atoms with Crippen LogP contribution in [-0.2, 0) is 10.3 Å². The van der Waals surface area contributed by atoms with Gasteiger partial charge < -0.3 is 11.1 Å². The first-order chi connectivity index (χ1) is 8.73. The SMILES string of the molecule is CC(C)(NC(=O)[C@@](C)(N)C1CC1)c1ccc(Br)cc1. The summed E-state index contributed by atoms with van der Waals surface area (Å²) in [5.74, 6) is 0.260. The molecule has 104 valence electrons. The van der Waals surface area contributed by atoms with Gasteiger partial charge in [-0.3, -0.25) is 4.79 Å². The molecule has 0 saturated heterocycles. The largest absolute Gasteiger partial charge is 0.346 e. The zero-order chi connectivity index (χ0) is 14.3. The van der Waals surface area contributed by atoms with E-state index in [1.54, 1.807) is 0 Å². The van der Waals surface area contributed by atoms with Crippen molar-refractivity contribution in [1.82, 2.24) is 5.32 Å². The van der Waals surface area contributed by atoms with Crippen LogP contribution in [0.2, 0.25) is 0 Å². The summed E-state index contributed by atoms with van der Waals surface area (Å²) in [5.41, 5.74) is 6.04. The summed E-state index contributed by atoms with van der Waals surface area (Å²) in [4.78, 5) is 12.4. The summed E-state index contributed by atoms with van der Waals surface area (Å²) in [6, 6.07) is 7.97. The first-order valence-corrected chi connectivity index (χ1v) is 7.40. The molecular weight excluding hydrogens is 304 g/mol. The molecule has 2 rings (SSSR count). The predicted molar refractivity (Wildman–Crippen MR) is 80.6 cm³/mol. The van der Waals surface area contributed by atoms with Gasteiger partial charge in [0.2, 0.25) is 5.91 Å². The topological polar surface area (TPSA) is 55.1 Å². The fourth-order valence-electron chi connectivity index (χ4n) is 2.23. The van der Waals surface area contributed by atoms with E-state index in [-0.39, 0.29) is 5.91 Å². The van der Waals surface area contributed by atoms with Gasteiger partial charge in [-0.2, -0.15) is 0 Å². The van der Waals surface area contributed by atoms with Crippen LogP contribution >= 0.6 is 15.9 Å². The molecule has 1 fully saturated rings. The van der Waals surface area contributed by atoms with E-state index in [0.717, 1.165) is 22.9 Å². The Morgan fingerprint density at radius 1 is 1.26 bits per heavy atom. The van der Waals surface area contributed by atoms with Gasteiger partial charge in [0.1, 0.15) is 0 Å². The minimum atomic E-state index is -0.757. The third-order valence-electron chi connectivity index (χ3n) is 3.91. The second-order valence-corrected chi connectivity index (χ2v) is 7.06. The van der Waals surface area contributed by atoms with Crippen LogP contribution in [0.1, 0.15) is 39.2 Å². The predicted octanol–water partition coefficient (Wildman–Crippen LogP) is 2.93. The van der Waals surface area contributed by atoms with Crippen LogP contribution in [0.3, 0.4) is 0 Å². The lowest BCUT2D eigenvalue weighted by Gasteiger charge is -2.32. The molecule has 0 spiro atoms. The Balaban J connectivity index is 2.12. The van der Waals surface area contributed by atoms with Crippen molar-refractivity contribution in [2.75, 3.05) is 0 Å².